The number of hydrogen-bond donors (Lipinski definition) is 2. The highest BCUT2D eigenvalue weighted by molar-refractivity contribution is 6.42. The quantitative estimate of drug-likeness (QED) is 0.296. The van der Waals surface area contributed by atoms with Crippen LogP contribution in [0, 0.1) is 0 Å². The molecule has 6 rings (SSSR count). The Hall–Kier alpha value is -3.72. The lowest BCUT2D eigenvalue weighted by molar-refractivity contribution is -0.148. The van der Waals surface area contributed by atoms with E-state index in [1.54, 1.807) is 6.07 Å². The van der Waals surface area contributed by atoms with Crippen molar-refractivity contribution in [3.8, 4) is 11.4 Å². The molecule has 3 heterocycles. The zero-order valence-corrected chi connectivity index (χ0v) is 21.3. The monoisotopic (exact) mass is 532 g/mol. The number of esters is 1. The third-order valence-electron chi connectivity index (χ3n) is 6.91. The molecule has 0 aliphatic carbocycles. The van der Waals surface area contributed by atoms with E-state index in [1.165, 1.54) is 7.11 Å². The lowest BCUT2D eigenvalue weighted by Gasteiger charge is -2.41. The molecule has 0 fully saturated rings. The third-order valence-corrected chi connectivity index (χ3v) is 7.74. The molecular weight excluding hydrogens is 511 g/mol. The second-order valence-electron chi connectivity index (χ2n) is 8.97. The Bertz CT molecular complexity index is 1600. The Morgan fingerprint density at radius 2 is 1.95 bits per heavy atom. The second-order valence-corrected chi connectivity index (χ2v) is 9.76. The summed E-state index contributed by atoms with van der Waals surface area (Å²) in [5.74, 6) is 0.257. The van der Waals surface area contributed by atoms with Crippen molar-refractivity contribution >= 4 is 40.1 Å². The smallest absolute Gasteiger partial charge is 0.323 e. The van der Waals surface area contributed by atoms with E-state index in [4.69, 9.17) is 27.9 Å². The van der Waals surface area contributed by atoms with Crippen molar-refractivity contribution in [2.24, 2.45) is 0 Å². The first-order valence-corrected chi connectivity index (χ1v) is 12.5. The number of H-pyrrole nitrogens is 2. The van der Waals surface area contributed by atoms with E-state index in [9.17, 15) is 4.79 Å². The Labute approximate surface area is 222 Å². The molecule has 1 aliphatic heterocycles. The average Bonchev–Trinajstić information content (AvgIpc) is 3.58. The Kier molecular flexibility index (Phi) is 6.16. The lowest BCUT2D eigenvalue weighted by atomic mass is 9.87. The summed E-state index contributed by atoms with van der Waals surface area (Å²) in [6.07, 6.45) is 0.492. The minimum absolute atomic E-state index is 0.310. The number of fused-ring (bicyclic) bond motifs is 3. The molecule has 0 saturated heterocycles. The van der Waals surface area contributed by atoms with E-state index in [0.29, 0.717) is 28.8 Å². The van der Waals surface area contributed by atoms with Gasteiger partial charge in [0, 0.05) is 35.1 Å². The minimum atomic E-state index is -0.549. The SMILES string of the molecule is COC(=O)[C@@H]1Cc2c([nH]c3ccccc23)[C@@H](c2cccc(Cl)c2Cl)N1Cc1cccc(-c2nnn[nH]2)c1. The molecule has 3 aromatic carbocycles. The summed E-state index contributed by atoms with van der Waals surface area (Å²) >= 11 is 13.3. The maximum Gasteiger partial charge on any atom is 0.323 e. The van der Waals surface area contributed by atoms with Crippen molar-refractivity contribution in [1.82, 2.24) is 30.5 Å². The number of benzene rings is 3. The molecule has 37 heavy (non-hydrogen) atoms. The highest BCUT2D eigenvalue weighted by Crippen LogP contribution is 2.45. The zero-order valence-electron chi connectivity index (χ0n) is 19.8. The van der Waals surface area contributed by atoms with Crippen LogP contribution >= 0.6 is 23.2 Å². The zero-order chi connectivity index (χ0) is 25.5. The maximum atomic E-state index is 13.3. The summed E-state index contributed by atoms with van der Waals surface area (Å²) in [6.45, 7) is 0.442. The molecule has 2 atom stereocenters. The van der Waals surface area contributed by atoms with Crippen molar-refractivity contribution in [2.45, 2.75) is 25.0 Å². The van der Waals surface area contributed by atoms with Crippen molar-refractivity contribution in [2.75, 3.05) is 7.11 Å². The van der Waals surface area contributed by atoms with Crippen molar-refractivity contribution in [3.63, 3.8) is 0 Å². The van der Waals surface area contributed by atoms with Crippen LogP contribution in [0.25, 0.3) is 22.3 Å². The number of methoxy groups -OCH3 is 1. The summed E-state index contributed by atoms with van der Waals surface area (Å²) in [7, 11) is 1.42. The van der Waals surface area contributed by atoms with Crippen LogP contribution in [0.5, 0.6) is 0 Å². The number of aromatic amines is 2. The Morgan fingerprint density at radius 3 is 2.76 bits per heavy atom. The molecule has 8 nitrogen and oxygen atoms in total. The number of nitrogens with one attached hydrogen (secondary N) is 2. The van der Waals surface area contributed by atoms with Gasteiger partial charge in [-0.15, -0.1) is 5.10 Å². The Morgan fingerprint density at radius 1 is 1.11 bits per heavy atom. The molecule has 0 unspecified atom stereocenters. The van der Waals surface area contributed by atoms with Gasteiger partial charge in [0.05, 0.1) is 23.2 Å². The highest BCUT2D eigenvalue weighted by atomic mass is 35.5. The molecule has 1 aliphatic rings. The molecule has 0 amide bonds. The number of aromatic nitrogens is 5. The van der Waals surface area contributed by atoms with Crippen LogP contribution in [0.3, 0.4) is 0 Å². The lowest BCUT2D eigenvalue weighted by Crippen LogP contribution is -2.48. The number of halogens is 2. The van der Waals surface area contributed by atoms with E-state index in [-0.39, 0.29) is 12.0 Å². The van der Waals surface area contributed by atoms with Crippen molar-refractivity contribution in [1.29, 1.82) is 0 Å². The largest absolute Gasteiger partial charge is 0.468 e. The van der Waals surface area contributed by atoms with Gasteiger partial charge in [0.15, 0.2) is 5.82 Å². The number of para-hydroxylation sites is 1. The van der Waals surface area contributed by atoms with E-state index in [2.05, 4.69) is 36.6 Å². The fourth-order valence-corrected chi connectivity index (χ4v) is 5.67. The molecule has 0 radical (unpaired) electrons. The number of hydrogen-bond acceptors (Lipinski definition) is 6. The molecule has 0 saturated carbocycles. The van der Waals surface area contributed by atoms with Gasteiger partial charge in [-0.3, -0.25) is 9.69 Å². The predicted octanol–water partition coefficient (Wildman–Crippen LogP) is 5.34. The first-order valence-electron chi connectivity index (χ1n) is 11.7. The van der Waals surface area contributed by atoms with E-state index < -0.39 is 6.04 Å². The summed E-state index contributed by atoms with van der Waals surface area (Å²) in [6, 6.07) is 20.7. The van der Waals surface area contributed by atoms with Gasteiger partial charge < -0.3 is 9.72 Å². The standard InChI is InChI=1S/C27H22Cl2N6O2/c1-37-27(36)22-13-19-17-8-2-3-11-21(17)30-24(19)25(18-9-5-10-20(28)23(18)29)35(22)14-15-6-4-7-16(12-15)26-31-33-34-32-26/h2-12,22,25,30H,13-14H2,1H3,(H,31,32,33,34)/t22-,25+/m0/s1. The Balaban J connectivity index is 1.53. The van der Waals surface area contributed by atoms with Crippen LogP contribution < -0.4 is 0 Å². The van der Waals surface area contributed by atoms with Crippen LogP contribution in [-0.2, 0) is 22.5 Å². The summed E-state index contributed by atoms with van der Waals surface area (Å²) in [5.41, 5.74) is 5.70. The van der Waals surface area contributed by atoms with Gasteiger partial charge >= 0.3 is 5.97 Å². The molecule has 0 spiro atoms. The normalized spacial score (nSPS) is 17.6. The molecule has 186 valence electrons. The van der Waals surface area contributed by atoms with Gasteiger partial charge in [0.25, 0.3) is 0 Å². The third kappa shape index (κ3) is 4.17. The minimum Gasteiger partial charge on any atom is -0.468 e. The van der Waals surface area contributed by atoms with Gasteiger partial charge in [-0.25, -0.2) is 5.10 Å². The maximum absolute atomic E-state index is 13.3. The molecule has 10 heteroatoms. The molecule has 2 N–H and O–H groups in total. The summed E-state index contributed by atoms with van der Waals surface area (Å²) in [4.78, 5) is 19.0. The van der Waals surface area contributed by atoms with Gasteiger partial charge in [0.2, 0.25) is 0 Å². The van der Waals surface area contributed by atoms with Crippen molar-refractivity contribution < 1.29 is 9.53 Å². The number of carbonyl (C=O) groups excluding carboxylic acids is 1. The average molecular weight is 533 g/mol. The van der Waals surface area contributed by atoms with Crippen molar-refractivity contribution in [3.05, 3.63) is 99.2 Å². The fraction of sp³-hybridized carbons (Fsp3) is 0.185. The first kappa shape index (κ1) is 23.7. The first-order chi connectivity index (χ1) is 18.0. The number of carbonyl (C=O) groups is 1. The van der Waals surface area contributed by atoms with Crippen LogP contribution in [0.2, 0.25) is 10.0 Å². The highest BCUT2D eigenvalue weighted by Gasteiger charge is 2.42. The van der Waals surface area contributed by atoms with Gasteiger partial charge in [-0.2, -0.15) is 0 Å². The number of ether oxygens (including phenoxy) is 1. The number of rotatable bonds is 5. The van der Waals surface area contributed by atoms with Crippen LogP contribution in [0.15, 0.2) is 66.7 Å². The molecular formula is C27H22Cl2N6O2. The topological polar surface area (TPSA) is 99.8 Å². The van der Waals surface area contributed by atoms with Crippen LogP contribution in [-0.4, -0.2) is 49.6 Å². The van der Waals surface area contributed by atoms with Gasteiger partial charge in [0.1, 0.15) is 6.04 Å². The predicted molar refractivity (Wildman–Crippen MR) is 141 cm³/mol. The fourth-order valence-electron chi connectivity index (χ4n) is 5.26. The van der Waals surface area contributed by atoms with Gasteiger partial charge in [-0.05, 0) is 45.3 Å². The van der Waals surface area contributed by atoms with Crippen LogP contribution in [0.4, 0.5) is 0 Å². The number of nitrogens with zero attached hydrogens (tertiary/aromatic N) is 4. The summed E-state index contributed by atoms with van der Waals surface area (Å²) < 4.78 is 5.30. The molecule has 2 aromatic heterocycles. The van der Waals surface area contributed by atoms with E-state index in [1.807, 2.05) is 54.6 Å². The van der Waals surface area contributed by atoms with Gasteiger partial charge in [-0.1, -0.05) is 71.7 Å². The number of tetrazole rings is 1. The summed E-state index contributed by atoms with van der Waals surface area (Å²) in [5, 5.41) is 16.2. The molecule has 5 aromatic rings. The van der Waals surface area contributed by atoms with E-state index >= 15 is 0 Å². The van der Waals surface area contributed by atoms with Crippen LogP contribution in [0.1, 0.15) is 28.4 Å². The van der Waals surface area contributed by atoms with E-state index in [0.717, 1.165) is 38.9 Å². The second kappa shape index (κ2) is 9.63. The molecule has 0 bridgehead atoms.